The molecule has 3 rings (SSSR count). The summed E-state index contributed by atoms with van der Waals surface area (Å²) in [7, 11) is 0. The minimum Gasteiger partial charge on any atom is -0.505 e. The number of para-hydroxylation sites is 1. The Bertz CT molecular complexity index is 958. The molecule has 3 N–H and O–H groups in total. The average molecular weight is 351 g/mol. The Kier molecular flexibility index (Phi) is 4.98. The number of aromatic hydroxyl groups is 1. The fourth-order valence-electron chi connectivity index (χ4n) is 2.45. The van der Waals surface area contributed by atoms with Crippen molar-refractivity contribution in [1.29, 1.82) is 0 Å². The van der Waals surface area contributed by atoms with Crippen molar-refractivity contribution in [3.63, 3.8) is 0 Å². The highest BCUT2D eigenvalue weighted by Crippen LogP contribution is 2.29. The van der Waals surface area contributed by atoms with Gasteiger partial charge in [-0.3, -0.25) is 0 Å². The van der Waals surface area contributed by atoms with Crippen molar-refractivity contribution in [2.75, 3.05) is 17.2 Å². The molecule has 7 nitrogen and oxygen atoms in total. The van der Waals surface area contributed by atoms with Crippen LogP contribution in [0.5, 0.6) is 5.75 Å². The normalized spacial score (nSPS) is 10.3. The fourth-order valence-corrected chi connectivity index (χ4v) is 2.45. The third-order valence-electron chi connectivity index (χ3n) is 3.62. The van der Waals surface area contributed by atoms with Crippen LogP contribution in [-0.4, -0.2) is 28.7 Å². The largest absolute Gasteiger partial charge is 0.505 e. The van der Waals surface area contributed by atoms with Gasteiger partial charge in [0.1, 0.15) is 0 Å². The van der Waals surface area contributed by atoms with Gasteiger partial charge in [-0.2, -0.15) is 0 Å². The van der Waals surface area contributed by atoms with E-state index in [9.17, 15) is 14.7 Å². The summed E-state index contributed by atoms with van der Waals surface area (Å²) in [5, 5.41) is 16.7. The molecule has 0 fully saturated rings. The topological polar surface area (TPSA) is 101 Å². The summed E-state index contributed by atoms with van der Waals surface area (Å²) in [5.74, 6) is -0.933. The van der Waals surface area contributed by atoms with Crippen molar-refractivity contribution in [2.24, 2.45) is 0 Å². The van der Waals surface area contributed by atoms with E-state index in [0.717, 1.165) is 0 Å². The summed E-state index contributed by atoms with van der Waals surface area (Å²) in [5.41, 5.74) is 1.06. The number of nitrogens with zero attached hydrogens (tertiary/aromatic N) is 1. The van der Waals surface area contributed by atoms with Crippen molar-refractivity contribution >= 4 is 34.1 Å². The lowest BCUT2D eigenvalue weighted by Crippen LogP contribution is -2.19. The number of amides is 2. The van der Waals surface area contributed by atoms with Crippen molar-refractivity contribution in [3.8, 4) is 5.75 Å². The van der Waals surface area contributed by atoms with Crippen LogP contribution in [0.15, 0.2) is 54.7 Å². The number of carbonyl (C=O) groups excluding carboxylic acids is 2. The molecule has 132 valence electrons. The Morgan fingerprint density at radius 2 is 1.81 bits per heavy atom. The van der Waals surface area contributed by atoms with Gasteiger partial charge in [-0.1, -0.05) is 18.2 Å². The van der Waals surface area contributed by atoms with Gasteiger partial charge in [-0.25, -0.2) is 14.6 Å². The Hall–Kier alpha value is -3.61. The van der Waals surface area contributed by atoms with Crippen molar-refractivity contribution in [3.05, 3.63) is 60.4 Å². The molecule has 0 aliphatic heterocycles. The van der Waals surface area contributed by atoms with Crippen LogP contribution in [-0.2, 0) is 4.74 Å². The second-order valence-electron chi connectivity index (χ2n) is 5.42. The highest BCUT2D eigenvalue weighted by molar-refractivity contribution is 6.03. The number of fused-ring (bicyclic) bond motifs is 1. The van der Waals surface area contributed by atoms with E-state index >= 15 is 0 Å². The summed E-state index contributed by atoms with van der Waals surface area (Å²) < 4.78 is 4.86. The second kappa shape index (κ2) is 7.52. The van der Waals surface area contributed by atoms with Crippen molar-refractivity contribution in [1.82, 2.24) is 4.98 Å². The molecule has 0 spiro atoms. The minimum absolute atomic E-state index is 0.137. The number of pyridine rings is 1. The van der Waals surface area contributed by atoms with E-state index < -0.39 is 12.0 Å². The lowest BCUT2D eigenvalue weighted by molar-refractivity contribution is 0.0516. The van der Waals surface area contributed by atoms with Gasteiger partial charge in [0.15, 0.2) is 11.4 Å². The molecule has 1 heterocycles. The van der Waals surface area contributed by atoms with E-state index in [0.29, 0.717) is 22.1 Å². The first-order valence-electron chi connectivity index (χ1n) is 8.00. The van der Waals surface area contributed by atoms with Gasteiger partial charge in [-0.05, 0) is 37.3 Å². The number of benzene rings is 2. The molecule has 7 heteroatoms. The maximum absolute atomic E-state index is 12.1. The Labute approximate surface area is 149 Å². The second-order valence-corrected chi connectivity index (χ2v) is 5.42. The molecule has 3 aromatic rings. The molecular weight excluding hydrogens is 334 g/mol. The number of anilines is 2. The Morgan fingerprint density at radius 1 is 1.08 bits per heavy atom. The van der Waals surface area contributed by atoms with Gasteiger partial charge in [-0.15, -0.1) is 0 Å². The van der Waals surface area contributed by atoms with Crippen LogP contribution in [0.4, 0.5) is 16.2 Å². The lowest BCUT2D eigenvalue weighted by Gasteiger charge is -2.10. The molecule has 0 unspecified atom stereocenters. The quantitative estimate of drug-likeness (QED) is 0.621. The monoisotopic (exact) mass is 351 g/mol. The number of ether oxygens (including phenoxy) is 1. The van der Waals surface area contributed by atoms with E-state index in [1.165, 1.54) is 6.20 Å². The zero-order valence-electron chi connectivity index (χ0n) is 14.0. The Balaban J connectivity index is 1.80. The highest BCUT2D eigenvalue weighted by Gasteiger charge is 2.17. The summed E-state index contributed by atoms with van der Waals surface area (Å²) in [6, 6.07) is 13.5. The predicted octanol–water partition coefficient (Wildman–Crippen LogP) is 3.76. The van der Waals surface area contributed by atoms with Crippen LogP contribution in [0.3, 0.4) is 0 Å². The number of aromatic nitrogens is 1. The van der Waals surface area contributed by atoms with Gasteiger partial charge >= 0.3 is 12.0 Å². The molecule has 2 aromatic carbocycles. The van der Waals surface area contributed by atoms with Gasteiger partial charge in [0.05, 0.1) is 6.61 Å². The number of esters is 1. The molecule has 0 saturated heterocycles. The lowest BCUT2D eigenvalue weighted by atomic mass is 10.1. The predicted molar refractivity (Wildman–Crippen MR) is 98.4 cm³/mol. The van der Waals surface area contributed by atoms with Crippen LogP contribution in [0.25, 0.3) is 10.8 Å². The SMILES string of the molecule is CCOC(=O)c1ncc2cc(NC(=O)Nc3ccccc3)ccc2c1O. The van der Waals surface area contributed by atoms with Crippen LogP contribution >= 0.6 is 0 Å². The standard InChI is InChI=1S/C19H17N3O4/c1-2-26-18(24)16-17(23)15-9-8-14(10-12(15)11-20-16)22-19(25)21-13-6-4-3-5-7-13/h3-11,23H,2H2,1H3,(H2,21,22,25). The third-order valence-corrected chi connectivity index (χ3v) is 3.62. The number of urea groups is 1. The van der Waals surface area contributed by atoms with Crippen LogP contribution in [0.1, 0.15) is 17.4 Å². The molecule has 1 aromatic heterocycles. The molecule has 0 saturated carbocycles. The van der Waals surface area contributed by atoms with Crippen LogP contribution < -0.4 is 10.6 Å². The summed E-state index contributed by atoms with van der Waals surface area (Å²) in [6.45, 7) is 1.87. The van der Waals surface area contributed by atoms with Gasteiger partial charge in [0.25, 0.3) is 0 Å². The molecule has 0 aliphatic carbocycles. The van der Waals surface area contributed by atoms with Gasteiger partial charge < -0.3 is 20.5 Å². The highest BCUT2D eigenvalue weighted by atomic mass is 16.5. The zero-order chi connectivity index (χ0) is 18.5. The van der Waals surface area contributed by atoms with Gasteiger partial charge in [0.2, 0.25) is 0 Å². The van der Waals surface area contributed by atoms with Crippen LogP contribution in [0.2, 0.25) is 0 Å². The van der Waals surface area contributed by atoms with Crippen LogP contribution in [0, 0.1) is 0 Å². The van der Waals surface area contributed by atoms with E-state index in [4.69, 9.17) is 4.74 Å². The number of nitrogens with one attached hydrogen (secondary N) is 2. The maximum atomic E-state index is 12.1. The molecule has 0 radical (unpaired) electrons. The average Bonchev–Trinajstić information content (AvgIpc) is 2.63. The number of rotatable bonds is 4. The van der Waals surface area contributed by atoms with E-state index in [1.807, 2.05) is 18.2 Å². The molecule has 0 aliphatic rings. The molecular formula is C19H17N3O4. The first kappa shape index (κ1) is 17.2. The van der Waals surface area contributed by atoms with Gasteiger partial charge in [0, 0.05) is 28.3 Å². The molecule has 0 bridgehead atoms. The van der Waals surface area contributed by atoms with E-state index in [2.05, 4.69) is 15.6 Å². The Morgan fingerprint density at radius 3 is 2.54 bits per heavy atom. The summed E-state index contributed by atoms with van der Waals surface area (Å²) in [4.78, 5) is 27.8. The summed E-state index contributed by atoms with van der Waals surface area (Å²) in [6.07, 6.45) is 1.45. The molecule has 26 heavy (non-hydrogen) atoms. The smallest absolute Gasteiger partial charge is 0.360 e. The number of hydrogen-bond donors (Lipinski definition) is 3. The first-order chi connectivity index (χ1) is 12.6. The number of hydrogen-bond acceptors (Lipinski definition) is 5. The first-order valence-corrected chi connectivity index (χ1v) is 8.00. The summed E-state index contributed by atoms with van der Waals surface area (Å²) >= 11 is 0. The fraction of sp³-hybridized carbons (Fsp3) is 0.105. The minimum atomic E-state index is -0.684. The third kappa shape index (κ3) is 3.72. The van der Waals surface area contributed by atoms with E-state index in [1.54, 1.807) is 37.3 Å². The number of carbonyl (C=O) groups is 2. The maximum Gasteiger partial charge on any atom is 0.360 e. The van der Waals surface area contributed by atoms with Crippen molar-refractivity contribution in [2.45, 2.75) is 6.92 Å². The van der Waals surface area contributed by atoms with E-state index in [-0.39, 0.29) is 18.1 Å². The molecule has 0 atom stereocenters. The molecule has 2 amide bonds. The zero-order valence-corrected chi connectivity index (χ0v) is 14.0. The van der Waals surface area contributed by atoms with Crippen molar-refractivity contribution < 1.29 is 19.4 Å².